The van der Waals surface area contributed by atoms with Crippen LogP contribution in [0.1, 0.15) is 36.9 Å². The molecule has 2 aromatic rings. The molecule has 130 valence electrons. The number of anilines is 1. The molecule has 1 aliphatic rings. The second kappa shape index (κ2) is 7.47. The molecule has 3 rings (SSSR count). The molecule has 0 aromatic heterocycles. The third-order valence-electron chi connectivity index (χ3n) is 4.43. The topological polar surface area (TPSA) is 49.4 Å². The summed E-state index contributed by atoms with van der Waals surface area (Å²) >= 11 is 0. The number of nitrogens with one attached hydrogen (secondary N) is 1. The van der Waals surface area contributed by atoms with Crippen LogP contribution in [0, 0.1) is 5.82 Å². The van der Waals surface area contributed by atoms with Crippen molar-refractivity contribution in [2.45, 2.75) is 32.2 Å². The van der Waals surface area contributed by atoms with Gasteiger partial charge >= 0.3 is 0 Å². The minimum atomic E-state index is -0.427. The van der Waals surface area contributed by atoms with Gasteiger partial charge in [0.15, 0.2) is 0 Å². The number of hydrogen-bond donors (Lipinski definition) is 1. The Morgan fingerprint density at radius 1 is 1.16 bits per heavy atom. The highest BCUT2D eigenvalue weighted by Gasteiger charge is 2.28. The van der Waals surface area contributed by atoms with Crippen LogP contribution in [-0.2, 0) is 16.0 Å². The van der Waals surface area contributed by atoms with Gasteiger partial charge < -0.3 is 10.2 Å². The van der Waals surface area contributed by atoms with Crippen molar-refractivity contribution in [2.75, 3.05) is 11.4 Å². The van der Waals surface area contributed by atoms with E-state index in [9.17, 15) is 14.0 Å². The Kier molecular flexibility index (Phi) is 5.12. The second-order valence-electron chi connectivity index (χ2n) is 6.26. The summed E-state index contributed by atoms with van der Waals surface area (Å²) in [5.41, 5.74) is 2.10. The van der Waals surface area contributed by atoms with Gasteiger partial charge in [-0.1, -0.05) is 42.5 Å². The number of hydrogen-bond acceptors (Lipinski definition) is 2. The molecule has 1 N–H and O–H groups in total. The van der Waals surface area contributed by atoms with E-state index in [1.54, 1.807) is 6.07 Å². The number of aryl methyl sites for hydroxylation is 1. The Hall–Kier alpha value is -2.69. The molecule has 1 aliphatic heterocycles. The Bertz CT molecular complexity index is 777. The Morgan fingerprint density at radius 3 is 2.64 bits per heavy atom. The van der Waals surface area contributed by atoms with Gasteiger partial charge in [0.2, 0.25) is 11.8 Å². The van der Waals surface area contributed by atoms with E-state index >= 15 is 0 Å². The lowest BCUT2D eigenvalue weighted by Crippen LogP contribution is -2.39. The highest BCUT2D eigenvalue weighted by molar-refractivity contribution is 5.95. The van der Waals surface area contributed by atoms with Crippen molar-refractivity contribution in [3.63, 3.8) is 0 Å². The van der Waals surface area contributed by atoms with Crippen LogP contribution in [0.15, 0.2) is 48.5 Å². The molecule has 0 bridgehead atoms. The third-order valence-corrected chi connectivity index (χ3v) is 4.43. The van der Waals surface area contributed by atoms with Crippen molar-refractivity contribution in [2.24, 2.45) is 0 Å². The lowest BCUT2D eigenvalue weighted by molar-refractivity contribution is -0.121. The van der Waals surface area contributed by atoms with Crippen LogP contribution in [0.25, 0.3) is 0 Å². The Labute approximate surface area is 146 Å². The standard InChI is InChI=1S/C20H21FN2O2/c1-14(24)22-18(15-7-3-2-4-8-15)13-19(25)23-12-6-10-16-9-5-11-17(21)20(16)23/h2-5,7-9,11,18H,6,10,12-13H2,1H3,(H,22,24). The first-order valence-corrected chi connectivity index (χ1v) is 8.46. The Balaban J connectivity index is 1.85. The summed E-state index contributed by atoms with van der Waals surface area (Å²) in [5, 5.41) is 2.82. The van der Waals surface area contributed by atoms with E-state index in [2.05, 4.69) is 5.32 Å². The molecule has 0 saturated heterocycles. The molecule has 1 unspecified atom stereocenters. The van der Waals surface area contributed by atoms with Crippen LogP contribution in [-0.4, -0.2) is 18.4 Å². The molecule has 1 heterocycles. The molecule has 1 atom stereocenters. The maximum absolute atomic E-state index is 14.3. The van der Waals surface area contributed by atoms with Crippen LogP contribution in [0.2, 0.25) is 0 Å². The summed E-state index contributed by atoms with van der Waals surface area (Å²) < 4.78 is 14.3. The third kappa shape index (κ3) is 3.87. The quantitative estimate of drug-likeness (QED) is 0.928. The smallest absolute Gasteiger partial charge is 0.229 e. The number of rotatable bonds is 4. The molecule has 0 aliphatic carbocycles. The fourth-order valence-corrected chi connectivity index (χ4v) is 3.32. The van der Waals surface area contributed by atoms with E-state index < -0.39 is 6.04 Å². The lowest BCUT2D eigenvalue weighted by Gasteiger charge is -2.31. The fourth-order valence-electron chi connectivity index (χ4n) is 3.32. The van der Waals surface area contributed by atoms with Crippen molar-refractivity contribution in [3.8, 4) is 0 Å². The lowest BCUT2D eigenvalue weighted by atomic mass is 9.98. The minimum Gasteiger partial charge on any atom is -0.349 e. The number of carbonyl (C=O) groups is 2. The van der Waals surface area contributed by atoms with E-state index in [-0.39, 0.29) is 24.1 Å². The van der Waals surface area contributed by atoms with Crippen LogP contribution in [0.3, 0.4) is 0 Å². The van der Waals surface area contributed by atoms with Crippen molar-refractivity contribution < 1.29 is 14.0 Å². The van der Waals surface area contributed by atoms with Gasteiger partial charge in [0.25, 0.3) is 0 Å². The van der Waals surface area contributed by atoms with E-state index in [4.69, 9.17) is 0 Å². The van der Waals surface area contributed by atoms with Crippen LogP contribution in [0.4, 0.5) is 10.1 Å². The summed E-state index contributed by atoms with van der Waals surface area (Å²) in [6.07, 6.45) is 1.67. The van der Waals surface area contributed by atoms with Crippen LogP contribution < -0.4 is 10.2 Å². The summed E-state index contributed by atoms with van der Waals surface area (Å²) in [6.45, 7) is 1.92. The molecule has 2 amide bonds. The van der Waals surface area contributed by atoms with Gasteiger partial charge in [0.1, 0.15) is 5.82 Å². The number of nitrogens with zero attached hydrogens (tertiary/aromatic N) is 1. The first-order valence-electron chi connectivity index (χ1n) is 8.46. The van der Waals surface area contributed by atoms with Crippen molar-refractivity contribution in [3.05, 3.63) is 65.5 Å². The average molecular weight is 340 g/mol. The largest absolute Gasteiger partial charge is 0.349 e. The number of benzene rings is 2. The fraction of sp³-hybridized carbons (Fsp3) is 0.300. The highest BCUT2D eigenvalue weighted by atomic mass is 19.1. The number of amides is 2. The molecule has 2 aromatic carbocycles. The number of para-hydroxylation sites is 1. The highest BCUT2D eigenvalue weighted by Crippen LogP contribution is 2.31. The van der Waals surface area contributed by atoms with Gasteiger partial charge in [0, 0.05) is 13.5 Å². The maximum atomic E-state index is 14.3. The van der Waals surface area contributed by atoms with Gasteiger partial charge in [-0.2, -0.15) is 0 Å². The Morgan fingerprint density at radius 2 is 1.92 bits per heavy atom. The summed E-state index contributed by atoms with van der Waals surface area (Å²) in [5.74, 6) is -0.762. The number of carbonyl (C=O) groups excluding carboxylic acids is 2. The second-order valence-corrected chi connectivity index (χ2v) is 6.26. The summed E-state index contributed by atoms with van der Waals surface area (Å²) in [6, 6.07) is 13.8. The zero-order valence-corrected chi connectivity index (χ0v) is 14.2. The molecule has 0 saturated carbocycles. The van der Waals surface area contributed by atoms with Crippen molar-refractivity contribution in [1.82, 2.24) is 5.32 Å². The molecule has 4 nitrogen and oxygen atoms in total. The molecule has 0 spiro atoms. The zero-order valence-electron chi connectivity index (χ0n) is 14.2. The molecular formula is C20H21FN2O2. The van der Waals surface area contributed by atoms with Gasteiger partial charge in [0.05, 0.1) is 18.2 Å². The van der Waals surface area contributed by atoms with Crippen LogP contribution >= 0.6 is 0 Å². The first-order chi connectivity index (χ1) is 12.1. The predicted molar refractivity (Wildman–Crippen MR) is 94.7 cm³/mol. The predicted octanol–water partition coefficient (Wildman–Crippen LogP) is 3.37. The molecule has 5 heteroatoms. The van der Waals surface area contributed by atoms with Crippen LogP contribution in [0.5, 0.6) is 0 Å². The zero-order chi connectivity index (χ0) is 17.8. The van der Waals surface area contributed by atoms with Gasteiger partial charge in [-0.25, -0.2) is 4.39 Å². The van der Waals surface area contributed by atoms with E-state index in [1.165, 1.54) is 17.9 Å². The normalized spacial score (nSPS) is 14.6. The van der Waals surface area contributed by atoms with E-state index in [0.717, 1.165) is 24.0 Å². The summed E-state index contributed by atoms with van der Waals surface area (Å²) in [4.78, 5) is 25.9. The van der Waals surface area contributed by atoms with Gasteiger partial charge in [-0.3, -0.25) is 9.59 Å². The SMILES string of the molecule is CC(=O)NC(CC(=O)N1CCCc2cccc(F)c21)c1ccccc1. The molecular weight excluding hydrogens is 319 g/mol. The average Bonchev–Trinajstić information content (AvgIpc) is 2.61. The number of halogens is 1. The minimum absolute atomic E-state index is 0.0946. The monoisotopic (exact) mass is 340 g/mol. The number of fused-ring (bicyclic) bond motifs is 1. The van der Waals surface area contributed by atoms with Crippen molar-refractivity contribution >= 4 is 17.5 Å². The van der Waals surface area contributed by atoms with Gasteiger partial charge in [-0.15, -0.1) is 0 Å². The molecule has 0 fully saturated rings. The molecule has 0 radical (unpaired) electrons. The summed E-state index contributed by atoms with van der Waals surface area (Å²) in [7, 11) is 0. The molecule has 25 heavy (non-hydrogen) atoms. The van der Waals surface area contributed by atoms with Crippen molar-refractivity contribution in [1.29, 1.82) is 0 Å². The van der Waals surface area contributed by atoms with E-state index in [1.807, 2.05) is 36.4 Å². The van der Waals surface area contributed by atoms with E-state index in [0.29, 0.717) is 12.2 Å². The van der Waals surface area contributed by atoms with Gasteiger partial charge in [-0.05, 0) is 30.0 Å². The first kappa shape index (κ1) is 17.1. The maximum Gasteiger partial charge on any atom is 0.229 e.